The second kappa shape index (κ2) is 7.35. The van der Waals surface area contributed by atoms with Crippen LogP contribution in [0.2, 0.25) is 5.02 Å². The molecule has 5 nitrogen and oxygen atoms in total. The second-order valence-electron chi connectivity index (χ2n) is 5.24. The first-order valence-electron chi connectivity index (χ1n) is 7.18. The van der Waals surface area contributed by atoms with Crippen molar-refractivity contribution in [2.75, 3.05) is 0 Å². The molecule has 0 aromatic heterocycles. The number of carbonyl (C=O) groups excluding carboxylic acids is 1. The van der Waals surface area contributed by atoms with E-state index < -0.39 is 12.1 Å². The van der Waals surface area contributed by atoms with E-state index in [0.29, 0.717) is 15.8 Å². The summed E-state index contributed by atoms with van der Waals surface area (Å²) in [5.41, 5.74) is 6.81. The number of primary amides is 1. The number of ether oxygens (including phenoxy) is 1. The van der Waals surface area contributed by atoms with Gasteiger partial charge >= 0.3 is 6.03 Å². The molecule has 0 aliphatic rings. The molecule has 0 aliphatic carbocycles. The Kier molecular flexibility index (Phi) is 5.47. The van der Waals surface area contributed by atoms with Gasteiger partial charge in [-0.1, -0.05) is 35.9 Å². The van der Waals surface area contributed by atoms with Crippen molar-refractivity contribution < 1.29 is 14.7 Å². The van der Waals surface area contributed by atoms with Gasteiger partial charge < -0.3 is 10.5 Å². The number of rotatable bonds is 5. The van der Waals surface area contributed by atoms with Crippen LogP contribution < -0.4 is 10.5 Å². The number of urea groups is 1. The topological polar surface area (TPSA) is 75.8 Å². The summed E-state index contributed by atoms with van der Waals surface area (Å²) < 4.78 is 5.87. The van der Waals surface area contributed by atoms with Gasteiger partial charge in [-0.05, 0) is 49.2 Å². The van der Waals surface area contributed by atoms with Crippen molar-refractivity contribution in [2.45, 2.75) is 26.0 Å². The Morgan fingerprint density at radius 2 is 1.61 bits per heavy atom. The molecule has 2 aromatic carbocycles. The van der Waals surface area contributed by atoms with Crippen LogP contribution in [0.5, 0.6) is 5.75 Å². The third-order valence-electron chi connectivity index (χ3n) is 3.61. The fourth-order valence-corrected chi connectivity index (χ4v) is 2.29. The molecule has 0 bridgehead atoms. The van der Waals surface area contributed by atoms with E-state index in [-0.39, 0.29) is 6.10 Å². The lowest BCUT2D eigenvalue weighted by atomic mass is 10.1. The predicted molar refractivity (Wildman–Crippen MR) is 88.6 cm³/mol. The maximum absolute atomic E-state index is 11.0. The van der Waals surface area contributed by atoms with E-state index in [1.165, 1.54) is 0 Å². The smallest absolute Gasteiger partial charge is 0.339 e. The molecule has 6 heteroatoms. The minimum absolute atomic E-state index is 0.129. The number of carbonyl (C=O) groups is 1. The largest absolute Gasteiger partial charge is 0.486 e. The number of hydrogen-bond donors (Lipinski definition) is 2. The Labute approximate surface area is 140 Å². The Bertz CT molecular complexity index is 659. The van der Waals surface area contributed by atoms with E-state index in [1.54, 1.807) is 31.2 Å². The Balaban J connectivity index is 2.05. The van der Waals surface area contributed by atoms with Gasteiger partial charge in [0.2, 0.25) is 0 Å². The number of amides is 2. The van der Waals surface area contributed by atoms with E-state index in [4.69, 9.17) is 22.1 Å². The van der Waals surface area contributed by atoms with Gasteiger partial charge in [0.15, 0.2) is 0 Å². The number of benzene rings is 2. The van der Waals surface area contributed by atoms with Crippen LogP contribution in [-0.2, 0) is 0 Å². The summed E-state index contributed by atoms with van der Waals surface area (Å²) in [6, 6.07) is 13.2. The molecule has 2 rings (SSSR count). The molecular weight excluding hydrogens is 316 g/mol. The number of nitrogens with two attached hydrogens (primary N) is 1. The highest BCUT2D eigenvalue weighted by Crippen LogP contribution is 2.25. The summed E-state index contributed by atoms with van der Waals surface area (Å²) in [6.45, 7) is 3.62. The van der Waals surface area contributed by atoms with Gasteiger partial charge in [-0.3, -0.25) is 5.21 Å². The van der Waals surface area contributed by atoms with Gasteiger partial charge in [-0.25, -0.2) is 4.79 Å². The first kappa shape index (κ1) is 17.1. The number of hydroxylamine groups is 2. The highest BCUT2D eigenvalue weighted by molar-refractivity contribution is 6.30. The van der Waals surface area contributed by atoms with Crippen LogP contribution in [-0.4, -0.2) is 16.3 Å². The van der Waals surface area contributed by atoms with Crippen LogP contribution >= 0.6 is 11.6 Å². The summed E-state index contributed by atoms with van der Waals surface area (Å²) in [4.78, 5) is 11.0. The molecule has 2 amide bonds. The molecule has 0 spiro atoms. The summed E-state index contributed by atoms with van der Waals surface area (Å²) >= 11 is 5.87. The second-order valence-corrected chi connectivity index (χ2v) is 5.68. The SMILES string of the molecule is CC(Oc1ccc(C(C)N(O)C(N)=O)cc1)c1ccc(Cl)cc1. The molecule has 0 heterocycles. The quantitative estimate of drug-likeness (QED) is 0.632. The van der Waals surface area contributed by atoms with Crippen molar-refractivity contribution in [1.29, 1.82) is 0 Å². The molecule has 2 aromatic rings. The van der Waals surface area contributed by atoms with Crippen LogP contribution in [0.15, 0.2) is 48.5 Å². The van der Waals surface area contributed by atoms with Crippen molar-refractivity contribution in [3.63, 3.8) is 0 Å². The summed E-state index contributed by atoms with van der Waals surface area (Å²) in [7, 11) is 0. The molecule has 0 fully saturated rings. The zero-order chi connectivity index (χ0) is 17.0. The summed E-state index contributed by atoms with van der Waals surface area (Å²) in [6.07, 6.45) is -0.129. The standard InChI is InChI=1S/C17H19ClN2O3/c1-11(20(22)17(19)21)13-5-9-16(10-6-13)23-12(2)14-3-7-15(18)8-4-14/h3-12,22H,1-2H3,(H2,19,21). The van der Waals surface area contributed by atoms with Gasteiger partial charge in [-0.15, -0.1) is 0 Å². The Hall–Kier alpha value is -2.24. The van der Waals surface area contributed by atoms with E-state index in [1.807, 2.05) is 31.2 Å². The molecule has 0 saturated carbocycles. The lowest BCUT2D eigenvalue weighted by Gasteiger charge is -2.21. The van der Waals surface area contributed by atoms with Crippen LogP contribution in [0.4, 0.5) is 4.79 Å². The minimum Gasteiger partial charge on any atom is -0.486 e. The van der Waals surface area contributed by atoms with E-state index in [2.05, 4.69) is 0 Å². The molecule has 2 unspecified atom stereocenters. The van der Waals surface area contributed by atoms with Crippen LogP contribution in [0, 0.1) is 0 Å². The maximum Gasteiger partial charge on any atom is 0.339 e. The van der Waals surface area contributed by atoms with E-state index in [0.717, 1.165) is 11.1 Å². The number of nitrogens with zero attached hydrogens (tertiary/aromatic N) is 1. The van der Waals surface area contributed by atoms with Gasteiger partial charge in [0.25, 0.3) is 0 Å². The zero-order valence-electron chi connectivity index (χ0n) is 12.9. The average Bonchev–Trinajstić information content (AvgIpc) is 2.54. The molecular formula is C17H19ClN2O3. The third kappa shape index (κ3) is 4.37. The molecule has 122 valence electrons. The monoisotopic (exact) mass is 334 g/mol. The third-order valence-corrected chi connectivity index (χ3v) is 3.86. The number of halogens is 1. The normalized spacial score (nSPS) is 13.2. The molecule has 23 heavy (non-hydrogen) atoms. The molecule has 0 radical (unpaired) electrons. The molecule has 3 N–H and O–H groups in total. The highest BCUT2D eigenvalue weighted by atomic mass is 35.5. The first-order chi connectivity index (χ1) is 10.9. The zero-order valence-corrected chi connectivity index (χ0v) is 13.7. The average molecular weight is 335 g/mol. The van der Waals surface area contributed by atoms with Gasteiger partial charge in [0.05, 0.1) is 6.04 Å². The summed E-state index contributed by atoms with van der Waals surface area (Å²) in [5.74, 6) is 0.687. The van der Waals surface area contributed by atoms with Crippen LogP contribution in [0.25, 0.3) is 0 Å². The maximum atomic E-state index is 11.0. The van der Waals surface area contributed by atoms with Crippen molar-refractivity contribution in [2.24, 2.45) is 5.73 Å². The highest BCUT2D eigenvalue weighted by Gasteiger charge is 2.17. The minimum atomic E-state index is -0.894. The van der Waals surface area contributed by atoms with E-state index in [9.17, 15) is 10.0 Å². The van der Waals surface area contributed by atoms with Crippen LogP contribution in [0.3, 0.4) is 0 Å². The molecule has 0 aliphatic heterocycles. The van der Waals surface area contributed by atoms with E-state index >= 15 is 0 Å². The van der Waals surface area contributed by atoms with Gasteiger partial charge in [0, 0.05) is 5.02 Å². The van der Waals surface area contributed by atoms with Crippen molar-refractivity contribution in [3.05, 3.63) is 64.7 Å². The summed E-state index contributed by atoms with van der Waals surface area (Å²) in [5, 5.41) is 10.7. The van der Waals surface area contributed by atoms with Gasteiger partial charge in [-0.2, -0.15) is 5.06 Å². The fourth-order valence-electron chi connectivity index (χ4n) is 2.16. The Morgan fingerprint density at radius 1 is 1.09 bits per heavy atom. The van der Waals surface area contributed by atoms with Crippen molar-refractivity contribution in [3.8, 4) is 5.75 Å². The molecule has 2 atom stereocenters. The lowest BCUT2D eigenvalue weighted by molar-refractivity contribution is -0.0710. The van der Waals surface area contributed by atoms with Crippen molar-refractivity contribution >= 4 is 17.6 Å². The first-order valence-corrected chi connectivity index (χ1v) is 7.56. The van der Waals surface area contributed by atoms with Crippen molar-refractivity contribution in [1.82, 2.24) is 5.06 Å². The molecule has 0 saturated heterocycles. The fraction of sp³-hybridized carbons (Fsp3) is 0.235. The lowest BCUT2D eigenvalue weighted by Crippen LogP contribution is -2.34. The Morgan fingerprint density at radius 3 is 2.13 bits per heavy atom. The van der Waals surface area contributed by atoms with Gasteiger partial charge in [0.1, 0.15) is 11.9 Å². The predicted octanol–water partition coefficient (Wildman–Crippen LogP) is 4.31. The van der Waals surface area contributed by atoms with Crippen LogP contribution in [0.1, 0.15) is 37.1 Å². The number of hydrogen-bond acceptors (Lipinski definition) is 3.